The third-order valence-corrected chi connectivity index (χ3v) is 3.39. The van der Waals surface area contributed by atoms with Crippen molar-refractivity contribution in [3.05, 3.63) is 47.3 Å². The Kier molecular flexibility index (Phi) is 3.51. The van der Waals surface area contributed by atoms with Gasteiger partial charge in [0.2, 0.25) is 17.3 Å². The largest absolute Gasteiger partial charge is 0.342 e. The first-order valence-electron chi connectivity index (χ1n) is 5.89. The summed E-state index contributed by atoms with van der Waals surface area (Å²) in [5.41, 5.74) is 5.75. The summed E-state index contributed by atoms with van der Waals surface area (Å²) < 4.78 is 4.71. The van der Waals surface area contributed by atoms with Crippen LogP contribution in [-0.2, 0) is 0 Å². The zero-order valence-electron chi connectivity index (χ0n) is 10.6. The quantitative estimate of drug-likeness (QED) is 0.589. The molecule has 2 heterocycles. The number of thiazole rings is 1. The molecule has 0 aliphatic rings. The number of hydrazone groups is 1. The molecule has 0 atom stereocenters. The predicted octanol–water partition coefficient (Wildman–Crippen LogP) is 2.95. The van der Waals surface area contributed by atoms with Crippen molar-refractivity contribution >= 4 is 22.7 Å². The van der Waals surface area contributed by atoms with E-state index in [0.29, 0.717) is 5.82 Å². The standard InChI is InChI=1S/C13H11N5OS/c1-9-7-20-13(16-9)17-15-6-10-2-4-11(5-3-10)12-14-8-19-18-12/h2-8H,1H3,(H,16,17). The van der Waals surface area contributed by atoms with Gasteiger partial charge in [0, 0.05) is 10.9 Å². The van der Waals surface area contributed by atoms with E-state index in [1.165, 1.54) is 17.7 Å². The van der Waals surface area contributed by atoms with E-state index in [1.807, 2.05) is 36.6 Å². The number of anilines is 1. The van der Waals surface area contributed by atoms with Gasteiger partial charge < -0.3 is 4.52 Å². The topological polar surface area (TPSA) is 76.2 Å². The molecule has 3 rings (SSSR count). The maximum atomic E-state index is 4.71. The number of nitrogens with one attached hydrogen (secondary N) is 1. The molecule has 0 bridgehead atoms. The highest BCUT2D eigenvalue weighted by molar-refractivity contribution is 7.13. The summed E-state index contributed by atoms with van der Waals surface area (Å²) in [5, 5.41) is 10.7. The van der Waals surface area contributed by atoms with Gasteiger partial charge in [0.05, 0.1) is 11.9 Å². The molecule has 1 aromatic carbocycles. The van der Waals surface area contributed by atoms with Crippen LogP contribution in [0.1, 0.15) is 11.3 Å². The average Bonchev–Trinajstić information content (AvgIpc) is 3.11. The third-order valence-electron chi connectivity index (χ3n) is 2.52. The highest BCUT2D eigenvalue weighted by Crippen LogP contribution is 2.15. The SMILES string of the molecule is Cc1csc(NN=Cc2ccc(-c3ncon3)cc2)n1. The second-order valence-corrected chi connectivity index (χ2v) is 4.90. The van der Waals surface area contributed by atoms with Crippen LogP contribution < -0.4 is 5.43 Å². The zero-order chi connectivity index (χ0) is 13.8. The number of nitrogens with zero attached hydrogens (tertiary/aromatic N) is 4. The summed E-state index contributed by atoms with van der Waals surface area (Å²) in [6.07, 6.45) is 3.04. The van der Waals surface area contributed by atoms with Gasteiger partial charge in [0.1, 0.15) is 0 Å². The van der Waals surface area contributed by atoms with E-state index in [4.69, 9.17) is 4.52 Å². The Bertz CT molecular complexity index is 703. The van der Waals surface area contributed by atoms with E-state index in [9.17, 15) is 0 Å². The van der Waals surface area contributed by atoms with Gasteiger partial charge in [-0.25, -0.2) is 4.98 Å². The van der Waals surface area contributed by atoms with Gasteiger partial charge in [-0.15, -0.1) is 11.3 Å². The molecule has 2 aromatic heterocycles. The number of benzene rings is 1. The maximum Gasteiger partial charge on any atom is 0.214 e. The third kappa shape index (κ3) is 2.89. The lowest BCUT2D eigenvalue weighted by atomic mass is 10.1. The van der Waals surface area contributed by atoms with Gasteiger partial charge in [-0.3, -0.25) is 5.43 Å². The number of aryl methyl sites for hydroxylation is 1. The van der Waals surface area contributed by atoms with Crippen molar-refractivity contribution in [3.63, 3.8) is 0 Å². The normalized spacial score (nSPS) is 11.1. The Morgan fingerprint density at radius 1 is 1.30 bits per heavy atom. The summed E-state index contributed by atoms with van der Waals surface area (Å²) in [7, 11) is 0. The van der Waals surface area contributed by atoms with E-state index in [-0.39, 0.29) is 0 Å². The summed E-state index contributed by atoms with van der Waals surface area (Å²) in [4.78, 5) is 8.25. The highest BCUT2D eigenvalue weighted by atomic mass is 32.1. The Morgan fingerprint density at radius 2 is 2.15 bits per heavy atom. The molecule has 0 fully saturated rings. The molecule has 100 valence electrons. The predicted molar refractivity (Wildman–Crippen MR) is 77.8 cm³/mol. The Morgan fingerprint density at radius 3 is 2.80 bits per heavy atom. The fourth-order valence-corrected chi connectivity index (χ4v) is 2.22. The molecule has 3 aromatic rings. The fourth-order valence-electron chi connectivity index (χ4n) is 1.58. The first kappa shape index (κ1) is 12.5. The minimum absolute atomic E-state index is 0.574. The van der Waals surface area contributed by atoms with Crippen molar-refractivity contribution < 1.29 is 4.52 Å². The van der Waals surface area contributed by atoms with Crippen molar-refractivity contribution in [1.29, 1.82) is 0 Å². The first-order chi connectivity index (χ1) is 9.81. The second-order valence-electron chi connectivity index (χ2n) is 4.04. The molecular formula is C13H11N5OS. The Hall–Kier alpha value is -2.54. The molecule has 0 unspecified atom stereocenters. The zero-order valence-corrected chi connectivity index (χ0v) is 11.5. The van der Waals surface area contributed by atoms with Gasteiger partial charge in [0.15, 0.2) is 0 Å². The van der Waals surface area contributed by atoms with Crippen LogP contribution in [0.15, 0.2) is 45.7 Å². The van der Waals surface area contributed by atoms with Crippen molar-refractivity contribution in [1.82, 2.24) is 15.1 Å². The monoisotopic (exact) mass is 285 g/mol. The van der Waals surface area contributed by atoms with Crippen LogP contribution in [0.5, 0.6) is 0 Å². The fraction of sp³-hybridized carbons (Fsp3) is 0.0769. The lowest BCUT2D eigenvalue weighted by molar-refractivity contribution is 0.419. The van der Waals surface area contributed by atoms with Gasteiger partial charge in [0.25, 0.3) is 0 Å². The molecule has 0 saturated carbocycles. The van der Waals surface area contributed by atoms with E-state index < -0.39 is 0 Å². The van der Waals surface area contributed by atoms with Crippen molar-refractivity contribution in [2.24, 2.45) is 5.10 Å². The smallest absolute Gasteiger partial charge is 0.214 e. The summed E-state index contributed by atoms with van der Waals surface area (Å²) in [6, 6.07) is 7.70. The van der Waals surface area contributed by atoms with Crippen LogP contribution in [0.2, 0.25) is 0 Å². The molecule has 0 aliphatic carbocycles. The lowest BCUT2D eigenvalue weighted by Crippen LogP contribution is -1.90. The van der Waals surface area contributed by atoms with E-state index in [1.54, 1.807) is 6.21 Å². The summed E-state index contributed by atoms with van der Waals surface area (Å²) in [5.74, 6) is 0.574. The molecule has 7 heteroatoms. The van der Waals surface area contributed by atoms with Gasteiger partial charge >= 0.3 is 0 Å². The first-order valence-corrected chi connectivity index (χ1v) is 6.77. The minimum Gasteiger partial charge on any atom is -0.342 e. The van der Waals surface area contributed by atoms with Crippen LogP contribution in [-0.4, -0.2) is 21.3 Å². The molecule has 20 heavy (non-hydrogen) atoms. The van der Waals surface area contributed by atoms with Crippen LogP contribution in [0.4, 0.5) is 5.13 Å². The van der Waals surface area contributed by atoms with Crippen LogP contribution >= 0.6 is 11.3 Å². The molecule has 0 spiro atoms. The van der Waals surface area contributed by atoms with Crippen LogP contribution in [0.25, 0.3) is 11.4 Å². The molecule has 0 saturated heterocycles. The molecule has 6 nitrogen and oxygen atoms in total. The molecule has 0 amide bonds. The van der Waals surface area contributed by atoms with Crippen molar-refractivity contribution in [2.45, 2.75) is 6.92 Å². The molecule has 1 N–H and O–H groups in total. The number of hydrogen-bond donors (Lipinski definition) is 1. The lowest BCUT2D eigenvalue weighted by Gasteiger charge is -1.96. The van der Waals surface area contributed by atoms with Crippen molar-refractivity contribution in [2.75, 3.05) is 5.43 Å². The van der Waals surface area contributed by atoms with E-state index in [2.05, 4.69) is 25.7 Å². The van der Waals surface area contributed by atoms with Crippen LogP contribution in [0, 0.1) is 6.92 Å². The van der Waals surface area contributed by atoms with Crippen LogP contribution in [0.3, 0.4) is 0 Å². The van der Waals surface area contributed by atoms with Gasteiger partial charge in [-0.2, -0.15) is 10.1 Å². The number of hydrogen-bond acceptors (Lipinski definition) is 7. The summed E-state index contributed by atoms with van der Waals surface area (Å²) >= 11 is 1.52. The Labute approximate surface area is 119 Å². The highest BCUT2D eigenvalue weighted by Gasteiger charge is 2.01. The van der Waals surface area contributed by atoms with Gasteiger partial charge in [-0.1, -0.05) is 29.4 Å². The van der Waals surface area contributed by atoms with Gasteiger partial charge in [-0.05, 0) is 12.5 Å². The average molecular weight is 285 g/mol. The van der Waals surface area contributed by atoms with Crippen molar-refractivity contribution in [3.8, 4) is 11.4 Å². The Balaban J connectivity index is 1.66. The maximum absolute atomic E-state index is 4.71. The number of rotatable bonds is 4. The van der Waals surface area contributed by atoms with E-state index in [0.717, 1.165) is 22.0 Å². The second kappa shape index (κ2) is 5.62. The molecule has 0 aliphatic heterocycles. The van der Waals surface area contributed by atoms with E-state index >= 15 is 0 Å². The molecular weight excluding hydrogens is 274 g/mol. The number of aromatic nitrogens is 3. The molecule has 0 radical (unpaired) electrons. The summed E-state index contributed by atoms with van der Waals surface area (Å²) in [6.45, 7) is 1.95. The minimum atomic E-state index is 0.574.